The molecule has 1 aliphatic carbocycles. The largest absolute Gasteiger partial charge is 0.460 e. The first kappa shape index (κ1) is 14.2. The van der Waals surface area contributed by atoms with E-state index in [4.69, 9.17) is 9.68 Å². The molecular weight excluding hydrogens is 292 g/mol. The van der Waals surface area contributed by atoms with Gasteiger partial charge in [0.1, 0.15) is 28.5 Å². The molecule has 118 valence electrons. The normalized spacial score (nSPS) is 23.2. The Morgan fingerprint density at radius 1 is 1.35 bits per heavy atom. The average Bonchev–Trinajstić information content (AvgIpc) is 3.18. The van der Waals surface area contributed by atoms with Crippen molar-refractivity contribution in [1.29, 1.82) is 5.26 Å². The number of aromatic nitrogens is 3. The van der Waals surface area contributed by atoms with Crippen molar-refractivity contribution in [2.75, 3.05) is 0 Å². The zero-order chi connectivity index (χ0) is 16.0. The fraction of sp³-hybridized carbons (Fsp3) is 0.471. The van der Waals surface area contributed by atoms with Crippen LogP contribution in [0.5, 0.6) is 0 Å². The van der Waals surface area contributed by atoms with Gasteiger partial charge in [0.25, 0.3) is 0 Å². The molecule has 6 nitrogen and oxygen atoms in total. The standard InChI is InChI=1S/C17H18N4O2/c1-10(22)17-20-14-9-19-13-6-7-23-16(13)15(14)21(17)12-4-2-11(8-18)3-5-12/h6-7,9-12,22H,2-5H2,1H3/t10-,11-,12-/m1/s1. The molecule has 1 atom stereocenters. The van der Waals surface area contributed by atoms with Gasteiger partial charge in [-0.1, -0.05) is 0 Å². The highest BCUT2D eigenvalue weighted by Crippen LogP contribution is 2.38. The maximum Gasteiger partial charge on any atom is 0.178 e. The Morgan fingerprint density at radius 3 is 2.83 bits per heavy atom. The zero-order valence-corrected chi connectivity index (χ0v) is 12.9. The van der Waals surface area contributed by atoms with Gasteiger partial charge >= 0.3 is 0 Å². The van der Waals surface area contributed by atoms with Crippen LogP contribution in [0.3, 0.4) is 0 Å². The lowest BCUT2D eigenvalue weighted by atomic mass is 9.86. The minimum atomic E-state index is -0.666. The molecule has 0 bridgehead atoms. The number of furan rings is 1. The number of hydrogen-bond donors (Lipinski definition) is 1. The number of pyridine rings is 1. The molecule has 0 saturated heterocycles. The second-order valence-corrected chi connectivity index (χ2v) is 6.28. The summed E-state index contributed by atoms with van der Waals surface area (Å²) in [5, 5.41) is 19.3. The van der Waals surface area contributed by atoms with E-state index in [1.165, 1.54) is 0 Å². The molecule has 6 heteroatoms. The minimum Gasteiger partial charge on any atom is -0.460 e. The summed E-state index contributed by atoms with van der Waals surface area (Å²) in [6.07, 6.45) is 6.28. The average molecular weight is 310 g/mol. The van der Waals surface area contributed by atoms with E-state index in [9.17, 15) is 5.11 Å². The van der Waals surface area contributed by atoms with Gasteiger partial charge in [0.2, 0.25) is 0 Å². The van der Waals surface area contributed by atoms with Crippen LogP contribution in [0.4, 0.5) is 0 Å². The third-order valence-electron chi connectivity index (χ3n) is 4.77. The lowest BCUT2D eigenvalue weighted by molar-refractivity contribution is 0.176. The minimum absolute atomic E-state index is 0.140. The number of rotatable bonds is 2. The van der Waals surface area contributed by atoms with Crippen LogP contribution in [0, 0.1) is 17.2 Å². The molecule has 23 heavy (non-hydrogen) atoms. The van der Waals surface area contributed by atoms with Crippen molar-refractivity contribution in [3.63, 3.8) is 0 Å². The number of imidazole rings is 1. The number of nitrogens with zero attached hydrogens (tertiary/aromatic N) is 4. The summed E-state index contributed by atoms with van der Waals surface area (Å²) in [7, 11) is 0. The van der Waals surface area contributed by atoms with Crippen molar-refractivity contribution in [2.24, 2.45) is 5.92 Å². The molecule has 0 aliphatic heterocycles. The molecule has 0 spiro atoms. The summed E-state index contributed by atoms with van der Waals surface area (Å²) >= 11 is 0. The van der Waals surface area contributed by atoms with Crippen LogP contribution in [-0.4, -0.2) is 19.6 Å². The third kappa shape index (κ3) is 2.20. The van der Waals surface area contributed by atoms with Crippen LogP contribution in [0.25, 0.3) is 22.1 Å². The summed E-state index contributed by atoms with van der Waals surface area (Å²) in [6.45, 7) is 1.73. The van der Waals surface area contributed by atoms with Gasteiger partial charge in [-0.2, -0.15) is 5.26 Å². The Labute approximate surface area is 133 Å². The fourth-order valence-electron chi connectivity index (χ4n) is 3.62. The fourth-order valence-corrected chi connectivity index (χ4v) is 3.62. The second kappa shape index (κ2) is 5.36. The molecular formula is C17H18N4O2. The lowest BCUT2D eigenvalue weighted by Gasteiger charge is -2.28. The van der Waals surface area contributed by atoms with E-state index in [0.29, 0.717) is 11.4 Å². The van der Waals surface area contributed by atoms with Crippen molar-refractivity contribution in [3.8, 4) is 6.07 Å². The van der Waals surface area contributed by atoms with Crippen LogP contribution in [0.1, 0.15) is 50.6 Å². The molecule has 0 amide bonds. The van der Waals surface area contributed by atoms with Crippen LogP contribution in [-0.2, 0) is 0 Å². The van der Waals surface area contributed by atoms with E-state index in [0.717, 1.165) is 42.2 Å². The molecule has 0 unspecified atom stereocenters. The second-order valence-electron chi connectivity index (χ2n) is 6.28. The van der Waals surface area contributed by atoms with Gasteiger partial charge < -0.3 is 14.1 Å². The first-order chi connectivity index (χ1) is 11.2. The maximum absolute atomic E-state index is 10.2. The number of nitriles is 1. The quantitative estimate of drug-likeness (QED) is 0.782. The Balaban J connectivity index is 1.90. The van der Waals surface area contributed by atoms with Crippen molar-refractivity contribution < 1.29 is 9.52 Å². The molecule has 1 aliphatic rings. The number of fused-ring (bicyclic) bond motifs is 3. The molecule has 1 N–H and O–H groups in total. The van der Waals surface area contributed by atoms with Gasteiger partial charge in [0.05, 0.1) is 18.5 Å². The molecule has 4 rings (SSSR count). The monoisotopic (exact) mass is 310 g/mol. The topological polar surface area (TPSA) is 87.9 Å². The first-order valence-corrected chi connectivity index (χ1v) is 8.00. The molecule has 3 heterocycles. The summed E-state index contributed by atoms with van der Waals surface area (Å²) in [6, 6.07) is 4.43. The smallest absolute Gasteiger partial charge is 0.178 e. The predicted octanol–water partition coefficient (Wildman–Crippen LogP) is 3.49. The highest BCUT2D eigenvalue weighted by atomic mass is 16.3. The molecule has 0 aromatic carbocycles. The Kier molecular flexibility index (Phi) is 3.31. The summed E-state index contributed by atoms with van der Waals surface area (Å²) < 4.78 is 7.75. The van der Waals surface area contributed by atoms with Gasteiger partial charge in [-0.25, -0.2) is 4.98 Å². The van der Waals surface area contributed by atoms with Crippen LogP contribution in [0.15, 0.2) is 22.9 Å². The van der Waals surface area contributed by atoms with Crippen LogP contribution >= 0.6 is 0 Å². The van der Waals surface area contributed by atoms with Crippen LogP contribution in [0.2, 0.25) is 0 Å². The molecule has 1 saturated carbocycles. The Bertz CT molecular complexity index is 894. The van der Waals surface area contributed by atoms with E-state index >= 15 is 0 Å². The van der Waals surface area contributed by atoms with Crippen molar-refractivity contribution in [2.45, 2.75) is 44.8 Å². The SMILES string of the molecule is C[C@@H](O)c1nc2cnc3ccoc3c2n1[C@H]1CC[C@H](C#N)CC1. The van der Waals surface area contributed by atoms with Gasteiger partial charge in [0.15, 0.2) is 5.58 Å². The van der Waals surface area contributed by atoms with E-state index in [1.807, 2.05) is 6.07 Å². The third-order valence-corrected chi connectivity index (χ3v) is 4.77. The number of aliphatic hydroxyl groups is 1. The molecule has 0 radical (unpaired) electrons. The molecule has 3 aromatic heterocycles. The number of hydrogen-bond acceptors (Lipinski definition) is 5. The van der Waals surface area contributed by atoms with Crippen molar-refractivity contribution in [3.05, 3.63) is 24.4 Å². The van der Waals surface area contributed by atoms with Gasteiger partial charge in [-0.05, 0) is 32.6 Å². The van der Waals surface area contributed by atoms with E-state index < -0.39 is 6.10 Å². The van der Waals surface area contributed by atoms with Crippen LogP contribution < -0.4 is 0 Å². The highest BCUT2D eigenvalue weighted by molar-refractivity contribution is 5.98. The predicted molar refractivity (Wildman–Crippen MR) is 84.5 cm³/mol. The summed E-state index contributed by atoms with van der Waals surface area (Å²) in [5.41, 5.74) is 3.15. The van der Waals surface area contributed by atoms with Gasteiger partial charge in [-0.3, -0.25) is 4.98 Å². The van der Waals surface area contributed by atoms with Gasteiger partial charge in [-0.15, -0.1) is 0 Å². The molecule has 1 fully saturated rings. The van der Waals surface area contributed by atoms with E-state index in [2.05, 4.69) is 20.6 Å². The lowest BCUT2D eigenvalue weighted by Crippen LogP contribution is -2.20. The van der Waals surface area contributed by atoms with Gasteiger partial charge in [0, 0.05) is 18.0 Å². The Morgan fingerprint density at radius 2 is 2.13 bits per heavy atom. The summed E-state index contributed by atoms with van der Waals surface area (Å²) in [5.74, 6) is 0.785. The van der Waals surface area contributed by atoms with E-state index in [1.54, 1.807) is 19.4 Å². The van der Waals surface area contributed by atoms with E-state index in [-0.39, 0.29) is 12.0 Å². The maximum atomic E-state index is 10.2. The zero-order valence-electron chi connectivity index (χ0n) is 12.9. The Hall–Kier alpha value is -2.39. The van der Waals surface area contributed by atoms with Crippen molar-refractivity contribution in [1.82, 2.24) is 14.5 Å². The first-order valence-electron chi connectivity index (χ1n) is 8.00. The van der Waals surface area contributed by atoms with Crippen molar-refractivity contribution >= 4 is 22.1 Å². The number of aliphatic hydroxyl groups excluding tert-OH is 1. The highest BCUT2D eigenvalue weighted by Gasteiger charge is 2.28. The molecule has 3 aromatic rings. The summed E-state index contributed by atoms with van der Waals surface area (Å²) in [4.78, 5) is 8.94.